The molecule has 0 atom stereocenters. The van der Waals surface area contributed by atoms with Crippen LogP contribution < -0.4 is 10.9 Å². The molecule has 0 saturated heterocycles. The first-order valence-corrected chi connectivity index (χ1v) is 11.9. The van der Waals surface area contributed by atoms with Gasteiger partial charge in [-0.25, -0.2) is 9.97 Å². The van der Waals surface area contributed by atoms with Crippen LogP contribution >= 0.6 is 0 Å². The lowest BCUT2D eigenvalue weighted by atomic mass is 10.0. The molecular weight excluding hydrogens is 440 g/mol. The van der Waals surface area contributed by atoms with E-state index in [2.05, 4.69) is 34.0 Å². The van der Waals surface area contributed by atoms with Crippen molar-refractivity contribution in [3.05, 3.63) is 70.8 Å². The highest BCUT2D eigenvalue weighted by molar-refractivity contribution is 5.89. The Hall–Kier alpha value is -4.04. The number of rotatable bonds is 8. The minimum atomic E-state index is -0.225. The van der Waals surface area contributed by atoms with Crippen LogP contribution in [0.5, 0.6) is 0 Å². The molecule has 0 spiro atoms. The standard InChI is InChI=1S/C27H28N6O2/c1-4-33(5-2)14-13-29-22-16-21-26(32-27(22)34)31-25(23-11-8-17(3)35-23)24(30-21)19-9-10-20-18(15-19)7-6-12-28-20/h6-12,15-16,29H,4-5,13-14H2,1-3H3,(H,31,32,34). The van der Waals surface area contributed by atoms with Crippen molar-refractivity contribution in [1.82, 2.24) is 24.8 Å². The van der Waals surface area contributed by atoms with Crippen LogP contribution in [0.15, 0.2) is 63.9 Å². The number of likely N-dealkylation sites (N-methyl/N-ethyl adjacent to an activating group) is 1. The molecule has 0 fully saturated rings. The molecule has 5 aromatic rings. The number of furan rings is 1. The van der Waals surface area contributed by atoms with E-state index in [1.807, 2.05) is 49.4 Å². The molecule has 0 bridgehead atoms. The van der Waals surface area contributed by atoms with Gasteiger partial charge in [0.25, 0.3) is 5.56 Å². The first kappa shape index (κ1) is 22.7. The zero-order valence-corrected chi connectivity index (χ0v) is 20.1. The zero-order valence-electron chi connectivity index (χ0n) is 20.1. The summed E-state index contributed by atoms with van der Waals surface area (Å²) in [7, 11) is 0. The molecule has 178 valence electrons. The average Bonchev–Trinajstić information content (AvgIpc) is 3.32. The number of fused-ring (bicyclic) bond motifs is 2. The molecule has 0 aliphatic rings. The highest BCUT2D eigenvalue weighted by Gasteiger charge is 2.18. The fraction of sp³-hybridized carbons (Fsp3) is 0.259. The predicted octanol–water partition coefficient (Wildman–Crippen LogP) is 4.86. The van der Waals surface area contributed by atoms with E-state index in [0.29, 0.717) is 40.5 Å². The molecule has 8 nitrogen and oxygen atoms in total. The molecule has 0 amide bonds. The summed E-state index contributed by atoms with van der Waals surface area (Å²) in [5, 5.41) is 4.27. The Bertz CT molecular complexity index is 1550. The minimum Gasteiger partial charge on any atom is -0.460 e. The monoisotopic (exact) mass is 468 g/mol. The molecule has 4 aromatic heterocycles. The van der Waals surface area contributed by atoms with E-state index in [0.717, 1.165) is 41.9 Å². The largest absolute Gasteiger partial charge is 0.460 e. The van der Waals surface area contributed by atoms with Gasteiger partial charge < -0.3 is 19.6 Å². The maximum absolute atomic E-state index is 12.8. The predicted molar refractivity (Wildman–Crippen MR) is 140 cm³/mol. The second-order valence-corrected chi connectivity index (χ2v) is 8.44. The molecule has 0 saturated carbocycles. The van der Waals surface area contributed by atoms with E-state index >= 15 is 0 Å². The van der Waals surface area contributed by atoms with Crippen LogP contribution in [0, 0.1) is 6.92 Å². The lowest BCUT2D eigenvalue weighted by Gasteiger charge is -2.18. The third-order valence-corrected chi connectivity index (χ3v) is 6.17. The SMILES string of the molecule is CCN(CC)CCNc1cc2nc(-c3ccc4ncccc4c3)c(-c3ccc(C)o3)nc2[nH]c1=O. The van der Waals surface area contributed by atoms with Gasteiger partial charge in [-0.1, -0.05) is 26.0 Å². The van der Waals surface area contributed by atoms with E-state index in [-0.39, 0.29) is 5.56 Å². The van der Waals surface area contributed by atoms with E-state index in [9.17, 15) is 4.79 Å². The Balaban J connectivity index is 1.61. The van der Waals surface area contributed by atoms with E-state index in [1.165, 1.54) is 0 Å². The number of H-pyrrole nitrogens is 1. The number of benzene rings is 1. The summed E-state index contributed by atoms with van der Waals surface area (Å²) in [5.41, 5.74) is 4.33. The van der Waals surface area contributed by atoms with Crippen LogP contribution in [0.4, 0.5) is 5.69 Å². The Morgan fingerprint density at radius 3 is 2.63 bits per heavy atom. The number of pyridine rings is 2. The highest BCUT2D eigenvalue weighted by Crippen LogP contribution is 2.33. The van der Waals surface area contributed by atoms with Crippen molar-refractivity contribution < 1.29 is 4.42 Å². The second kappa shape index (κ2) is 9.68. The first-order valence-electron chi connectivity index (χ1n) is 11.9. The normalized spacial score (nSPS) is 11.5. The van der Waals surface area contributed by atoms with E-state index in [1.54, 1.807) is 12.3 Å². The molecule has 0 aliphatic heterocycles. The summed E-state index contributed by atoms with van der Waals surface area (Å²) >= 11 is 0. The highest BCUT2D eigenvalue weighted by atomic mass is 16.3. The van der Waals surface area contributed by atoms with Crippen molar-refractivity contribution in [2.24, 2.45) is 0 Å². The number of aromatic amines is 1. The molecule has 2 N–H and O–H groups in total. The van der Waals surface area contributed by atoms with Crippen LogP contribution in [-0.2, 0) is 0 Å². The quantitative estimate of drug-likeness (QED) is 0.336. The molecule has 35 heavy (non-hydrogen) atoms. The lowest BCUT2D eigenvalue weighted by Crippen LogP contribution is -2.29. The van der Waals surface area contributed by atoms with Crippen LogP contribution in [0.25, 0.3) is 44.8 Å². The third kappa shape index (κ3) is 4.65. The maximum atomic E-state index is 12.8. The lowest BCUT2D eigenvalue weighted by molar-refractivity contribution is 0.316. The number of aromatic nitrogens is 4. The number of hydrogen-bond acceptors (Lipinski definition) is 7. The molecule has 0 radical (unpaired) electrons. The summed E-state index contributed by atoms with van der Waals surface area (Å²) < 4.78 is 5.89. The van der Waals surface area contributed by atoms with E-state index < -0.39 is 0 Å². The summed E-state index contributed by atoms with van der Waals surface area (Å²) in [6, 6.07) is 15.5. The maximum Gasteiger partial charge on any atom is 0.273 e. The number of nitrogens with zero attached hydrogens (tertiary/aromatic N) is 4. The van der Waals surface area contributed by atoms with Crippen LogP contribution in [-0.4, -0.2) is 51.0 Å². The Kier molecular flexibility index (Phi) is 6.29. The Labute approximate surface area is 203 Å². The van der Waals surface area contributed by atoms with Gasteiger partial charge in [0.15, 0.2) is 11.4 Å². The zero-order chi connectivity index (χ0) is 24.4. The molecule has 8 heteroatoms. The number of anilines is 1. The first-order chi connectivity index (χ1) is 17.1. The van der Waals surface area contributed by atoms with Gasteiger partial charge in [-0.3, -0.25) is 9.78 Å². The average molecular weight is 469 g/mol. The molecule has 0 unspecified atom stereocenters. The Morgan fingerprint density at radius 1 is 1.00 bits per heavy atom. The fourth-order valence-electron chi connectivity index (χ4n) is 4.20. The van der Waals surface area contributed by atoms with Crippen molar-refractivity contribution >= 4 is 27.8 Å². The minimum absolute atomic E-state index is 0.225. The van der Waals surface area contributed by atoms with Crippen molar-refractivity contribution in [3.63, 3.8) is 0 Å². The van der Waals surface area contributed by atoms with Crippen LogP contribution in [0.3, 0.4) is 0 Å². The molecule has 4 heterocycles. The molecular formula is C27H28N6O2. The second-order valence-electron chi connectivity index (χ2n) is 8.44. The summed E-state index contributed by atoms with van der Waals surface area (Å²) in [6.45, 7) is 9.60. The van der Waals surface area contributed by atoms with Gasteiger partial charge in [0.05, 0.1) is 5.52 Å². The van der Waals surface area contributed by atoms with Crippen molar-refractivity contribution in [3.8, 4) is 22.7 Å². The van der Waals surface area contributed by atoms with Gasteiger partial charge in [-0.05, 0) is 56.4 Å². The number of aryl methyl sites for hydroxylation is 1. The van der Waals surface area contributed by atoms with Gasteiger partial charge in [-0.15, -0.1) is 0 Å². The molecule has 0 aliphatic carbocycles. The topological polar surface area (TPSA) is 99.9 Å². The smallest absolute Gasteiger partial charge is 0.273 e. The molecule has 1 aromatic carbocycles. The van der Waals surface area contributed by atoms with Crippen molar-refractivity contribution in [1.29, 1.82) is 0 Å². The van der Waals surface area contributed by atoms with E-state index in [4.69, 9.17) is 14.4 Å². The van der Waals surface area contributed by atoms with Gasteiger partial charge >= 0.3 is 0 Å². The van der Waals surface area contributed by atoms with Gasteiger partial charge in [0.1, 0.15) is 28.4 Å². The van der Waals surface area contributed by atoms with Crippen molar-refractivity contribution in [2.75, 3.05) is 31.5 Å². The number of hydrogen-bond donors (Lipinski definition) is 2. The number of nitrogens with one attached hydrogen (secondary N) is 2. The summed E-state index contributed by atoms with van der Waals surface area (Å²) in [4.78, 5) is 32.1. The fourth-order valence-corrected chi connectivity index (χ4v) is 4.20. The summed E-state index contributed by atoms with van der Waals surface area (Å²) in [5.74, 6) is 1.37. The third-order valence-electron chi connectivity index (χ3n) is 6.17. The van der Waals surface area contributed by atoms with Crippen LogP contribution in [0.2, 0.25) is 0 Å². The Morgan fingerprint density at radius 2 is 1.86 bits per heavy atom. The van der Waals surface area contributed by atoms with Gasteiger partial charge in [-0.2, -0.15) is 0 Å². The van der Waals surface area contributed by atoms with Crippen LogP contribution in [0.1, 0.15) is 19.6 Å². The van der Waals surface area contributed by atoms with Gasteiger partial charge in [0, 0.05) is 30.2 Å². The van der Waals surface area contributed by atoms with Crippen molar-refractivity contribution in [2.45, 2.75) is 20.8 Å². The summed E-state index contributed by atoms with van der Waals surface area (Å²) in [6.07, 6.45) is 1.78. The van der Waals surface area contributed by atoms with Gasteiger partial charge in [0.2, 0.25) is 0 Å². The molecule has 5 rings (SSSR count).